The van der Waals surface area contributed by atoms with Gasteiger partial charge in [0.2, 0.25) is 0 Å². The standard InChI is InChI=1S/C21H21NO6/c1-13(2)4-10-16-18(24)12-19(28-3)20(21(16)25)17(23)11-7-14-5-8-15(9-6-14)22(26)27/h4-9,11-12,24-25H,10H2,1-3H3. The largest absolute Gasteiger partial charge is 0.507 e. The Morgan fingerprint density at radius 2 is 1.86 bits per heavy atom. The molecule has 2 N–H and O–H groups in total. The van der Waals surface area contributed by atoms with Gasteiger partial charge in [0.15, 0.2) is 5.78 Å². The van der Waals surface area contributed by atoms with Gasteiger partial charge < -0.3 is 14.9 Å². The van der Waals surface area contributed by atoms with E-state index in [-0.39, 0.29) is 40.5 Å². The summed E-state index contributed by atoms with van der Waals surface area (Å²) in [6, 6.07) is 6.98. The molecule has 2 aromatic rings. The molecule has 2 aromatic carbocycles. The number of nitro benzene ring substituents is 1. The van der Waals surface area contributed by atoms with Crippen molar-refractivity contribution in [1.82, 2.24) is 0 Å². The van der Waals surface area contributed by atoms with Gasteiger partial charge in [0.1, 0.15) is 22.8 Å². The van der Waals surface area contributed by atoms with E-state index >= 15 is 0 Å². The van der Waals surface area contributed by atoms with E-state index in [0.717, 1.165) is 5.57 Å². The van der Waals surface area contributed by atoms with Gasteiger partial charge >= 0.3 is 0 Å². The number of carbonyl (C=O) groups is 1. The van der Waals surface area contributed by atoms with E-state index in [4.69, 9.17) is 4.74 Å². The molecular weight excluding hydrogens is 362 g/mol. The van der Waals surface area contributed by atoms with Gasteiger partial charge in [-0.25, -0.2) is 0 Å². The molecule has 0 spiro atoms. The Hall–Kier alpha value is -3.61. The molecule has 0 radical (unpaired) electrons. The molecule has 0 saturated carbocycles. The predicted octanol–water partition coefficient (Wildman–Crippen LogP) is 4.42. The lowest BCUT2D eigenvalue weighted by molar-refractivity contribution is -0.384. The molecule has 0 aromatic heterocycles. The van der Waals surface area contributed by atoms with Gasteiger partial charge in [0, 0.05) is 23.8 Å². The number of phenolic OH excluding ortho intramolecular Hbond substituents is 2. The molecule has 7 heteroatoms. The van der Waals surface area contributed by atoms with Gasteiger partial charge in [-0.1, -0.05) is 17.7 Å². The second kappa shape index (κ2) is 8.85. The fourth-order valence-corrected chi connectivity index (χ4v) is 2.54. The highest BCUT2D eigenvalue weighted by atomic mass is 16.6. The van der Waals surface area contributed by atoms with Crippen molar-refractivity contribution in [2.75, 3.05) is 7.11 Å². The summed E-state index contributed by atoms with van der Waals surface area (Å²) in [5, 5.41) is 31.4. The lowest BCUT2D eigenvalue weighted by Crippen LogP contribution is -2.02. The first kappa shape index (κ1) is 20.7. The Kier molecular flexibility index (Phi) is 6.55. The molecule has 0 atom stereocenters. The number of methoxy groups -OCH3 is 1. The number of ether oxygens (including phenoxy) is 1. The predicted molar refractivity (Wildman–Crippen MR) is 106 cm³/mol. The number of allylic oxidation sites excluding steroid dienone is 3. The van der Waals surface area contributed by atoms with Crippen LogP contribution in [0.25, 0.3) is 6.08 Å². The Bertz CT molecular complexity index is 954. The van der Waals surface area contributed by atoms with Crippen molar-refractivity contribution < 1.29 is 24.7 Å². The molecule has 0 saturated heterocycles. The van der Waals surface area contributed by atoms with Gasteiger partial charge in [-0.3, -0.25) is 14.9 Å². The minimum atomic E-state index is -0.522. The van der Waals surface area contributed by atoms with Crippen LogP contribution in [0.1, 0.15) is 35.3 Å². The van der Waals surface area contributed by atoms with Crippen LogP contribution < -0.4 is 4.74 Å². The van der Waals surface area contributed by atoms with E-state index in [0.29, 0.717) is 5.56 Å². The van der Waals surface area contributed by atoms with Crippen molar-refractivity contribution in [3.63, 3.8) is 0 Å². The molecule has 0 aliphatic carbocycles. The molecule has 0 amide bonds. The maximum atomic E-state index is 12.7. The molecule has 0 fully saturated rings. The Labute approximate surface area is 162 Å². The maximum Gasteiger partial charge on any atom is 0.269 e. The molecule has 146 valence electrons. The van der Waals surface area contributed by atoms with E-state index in [1.165, 1.54) is 49.6 Å². The third-order valence-corrected chi connectivity index (χ3v) is 4.06. The van der Waals surface area contributed by atoms with Crippen LogP contribution >= 0.6 is 0 Å². The second-order valence-corrected chi connectivity index (χ2v) is 6.33. The van der Waals surface area contributed by atoms with Crippen LogP contribution in [0.4, 0.5) is 5.69 Å². The number of nitro groups is 1. The third-order valence-electron chi connectivity index (χ3n) is 4.06. The minimum absolute atomic E-state index is 0.0503. The summed E-state index contributed by atoms with van der Waals surface area (Å²) in [6.45, 7) is 3.77. The third kappa shape index (κ3) is 4.76. The first-order chi connectivity index (χ1) is 13.2. The zero-order valence-electron chi connectivity index (χ0n) is 15.8. The van der Waals surface area contributed by atoms with Gasteiger partial charge in [0.05, 0.1) is 12.0 Å². The molecule has 0 heterocycles. The van der Waals surface area contributed by atoms with E-state index < -0.39 is 10.7 Å². The van der Waals surface area contributed by atoms with E-state index in [1.54, 1.807) is 0 Å². The Morgan fingerprint density at radius 3 is 2.39 bits per heavy atom. The number of hydrogen-bond donors (Lipinski definition) is 2. The highest BCUT2D eigenvalue weighted by molar-refractivity contribution is 6.11. The molecule has 0 aliphatic heterocycles. The molecule has 28 heavy (non-hydrogen) atoms. The zero-order chi connectivity index (χ0) is 20.8. The van der Waals surface area contributed by atoms with Crippen molar-refractivity contribution in [3.05, 3.63) is 74.9 Å². The average molecular weight is 383 g/mol. The highest BCUT2D eigenvalue weighted by Crippen LogP contribution is 2.39. The van der Waals surface area contributed by atoms with E-state index in [1.807, 2.05) is 19.9 Å². The van der Waals surface area contributed by atoms with Crippen LogP contribution in [0.2, 0.25) is 0 Å². The van der Waals surface area contributed by atoms with Crippen LogP contribution in [-0.4, -0.2) is 28.0 Å². The smallest absolute Gasteiger partial charge is 0.269 e. The Morgan fingerprint density at radius 1 is 1.21 bits per heavy atom. The lowest BCUT2D eigenvalue weighted by atomic mass is 9.99. The lowest BCUT2D eigenvalue weighted by Gasteiger charge is -2.13. The summed E-state index contributed by atoms with van der Waals surface area (Å²) in [4.78, 5) is 22.8. The number of carbonyl (C=O) groups excluding carboxylic acids is 1. The fourth-order valence-electron chi connectivity index (χ4n) is 2.54. The number of aromatic hydroxyl groups is 2. The number of phenols is 2. The average Bonchev–Trinajstić information content (AvgIpc) is 2.65. The fraction of sp³-hybridized carbons (Fsp3) is 0.190. The molecule has 0 bridgehead atoms. The topological polar surface area (TPSA) is 110 Å². The number of nitrogens with zero attached hydrogens (tertiary/aromatic N) is 1. The Balaban J connectivity index is 2.39. The summed E-state index contributed by atoms with van der Waals surface area (Å²) in [5.41, 5.74) is 1.71. The van der Waals surface area contributed by atoms with E-state index in [2.05, 4.69) is 0 Å². The number of hydrogen-bond acceptors (Lipinski definition) is 6. The summed E-state index contributed by atoms with van der Waals surface area (Å²) in [7, 11) is 1.33. The molecule has 0 aliphatic rings. The van der Waals surface area contributed by atoms with Gasteiger partial charge in [-0.15, -0.1) is 0 Å². The highest BCUT2D eigenvalue weighted by Gasteiger charge is 2.21. The molecule has 0 unspecified atom stereocenters. The molecular formula is C21H21NO6. The molecule has 7 nitrogen and oxygen atoms in total. The number of non-ortho nitro benzene ring substituents is 1. The first-order valence-corrected chi connectivity index (χ1v) is 8.46. The zero-order valence-corrected chi connectivity index (χ0v) is 15.8. The van der Waals surface area contributed by atoms with Crippen LogP contribution in [0, 0.1) is 10.1 Å². The van der Waals surface area contributed by atoms with Crippen LogP contribution in [0.3, 0.4) is 0 Å². The van der Waals surface area contributed by atoms with Gasteiger partial charge in [-0.05, 0) is 44.0 Å². The van der Waals surface area contributed by atoms with Gasteiger partial charge in [-0.2, -0.15) is 0 Å². The van der Waals surface area contributed by atoms with Crippen molar-refractivity contribution in [2.24, 2.45) is 0 Å². The van der Waals surface area contributed by atoms with Crippen LogP contribution in [0.5, 0.6) is 17.2 Å². The number of benzene rings is 2. The summed E-state index contributed by atoms with van der Waals surface area (Å²) in [6.07, 6.45) is 4.80. The van der Waals surface area contributed by atoms with Crippen LogP contribution in [0.15, 0.2) is 48.1 Å². The minimum Gasteiger partial charge on any atom is -0.507 e. The van der Waals surface area contributed by atoms with Crippen LogP contribution in [-0.2, 0) is 6.42 Å². The second-order valence-electron chi connectivity index (χ2n) is 6.33. The van der Waals surface area contributed by atoms with E-state index in [9.17, 15) is 25.1 Å². The SMILES string of the molecule is COc1cc(O)c(CC=C(C)C)c(O)c1C(=O)C=Cc1ccc([N+](=O)[O-])cc1. The summed E-state index contributed by atoms with van der Waals surface area (Å²) < 4.78 is 5.14. The summed E-state index contributed by atoms with van der Waals surface area (Å²) >= 11 is 0. The van der Waals surface area contributed by atoms with Crippen molar-refractivity contribution in [3.8, 4) is 17.2 Å². The van der Waals surface area contributed by atoms with Crippen molar-refractivity contribution in [1.29, 1.82) is 0 Å². The molecule has 2 rings (SSSR count). The van der Waals surface area contributed by atoms with Crippen molar-refractivity contribution in [2.45, 2.75) is 20.3 Å². The quantitative estimate of drug-likeness (QED) is 0.241. The normalized spacial score (nSPS) is 10.7. The number of rotatable bonds is 7. The van der Waals surface area contributed by atoms with Crippen molar-refractivity contribution >= 4 is 17.5 Å². The first-order valence-electron chi connectivity index (χ1n) is 8.46. The monoisotopic (exact) mass is 383 g/mol. The summed E-state index contributed by atoms with van der Waals surface area (Å²) in [5.74, 6) is -0.976. The maximum absolute atomic E-state index is 12.7. The van der Waals surface area contributed by atoms with Gasteiger partial charge in [0.25, 0.3) is 5.69 Å². The number of ketones is 1.